The molecule has 0 spiro atoms. The van der Waals surface area contributed by atoms with E-state index in [0.29, 0.717) is 31.0 Å². The Kier molecular flexibility index (Phi) is 9.35. The molecule has 6 N–H and O–H groups in total. The van der Waals surface area contributed by atoms with Crippen molar-refractivity contribution in [3.05, 3.63) is 83.7 Å². The minimum absolute atomic E-state index is 0.150. The maximum absolute atomic E-state index is 12.7. The van der Waals surface area contributed by atoms with Crippen molar-refractivity contribution in [2.75, 3.05) is 56.3 Å². The molecule has 10 heteroatoms. The van der Waals surface area contributed by atoms with Crippen LogP contribution in [0.3, 0.4) is 0 Å². The quantitative estimate of drug-likeness (QED) is 0.294. The van der Waals surface area contributed by atoms with E-state index in [9.17, 15) is 9.59 Å². The van der Waals surface area contributed by atoms with Gasteiger partial charge in [0.2, 0.25) is 0 Å². The van der Waals surface area contributed by atoms with Gasteiger partial charge in [-0.1, -0.05) is 30.3 Å². The lowest BCUT2D eigenvalue weighted by Gasteiger charge is -2.36. The third kappa shape index (κ3) is 7.46. The first kappa shape index (κ1) is 27.9. The Hall–Kier alpha value is -4.15. The Balaban J connectivity index is 1.49. The summed E-state index contributed by atoms with van der Waals surface area (Å²) in [6.45, 7) is 3.06. The maximum Gasteiger partial charge on any atom is 0.312 e. The van der Waals surface area contributed by atoms with Crippen LogP contribution in [0.2, 0.25) is 0 Å². The number of para-hydroxylation sites is 2. The summed E-state index contributed by atoms with van der Waals surface area (Å²) in [6, 6.07) is 18.2. The van der Waals surface area contributed by atoms with Crippen LogP contribution in [0.1, 0.15) is 46.5 Å². The lowest BCUT2D eigenvalue weighted by atomic mass is 9.94. The third-order valence-corrected chi connectivity index (χ3v) is 6.96. The van der Waals surface area contributed by atoms with E-state index < -0.39 is 6.03 Å². The number of pyridine rings is 1. The van der Waals surface area contributed by atoms with Gasteiger partial charge in [-0.05, 0) is 54.3 Å². The van der Waals surface area contributed by atoms with Crippen LogP contribution in [0.25, 0.3) is 0 Å². The normalized spacial score (nSPS) is 15.2. The van der Waals surface area contributed by atoms with E-state index in [0.717, 1.165) is 30.8 Å². The number of primary amides is 1. The third-order valence-electron chi connectivity index (χ3n) is 6.96. The molecule has 1 aliphatic heterocycles. The fourth-order valence-corrected chi connectivity index (χ4v) is 4.81. The van der Waals surface area contributed by atoms with Gasteiger partial charge in [0.05, 0.1) is 30.6 Å². The minimum Gasteiger partial charge on any atom is -0.397 e. The summed E-state index contributed by atoms with van der Waals surface area (Å²) >= 11 is 0. The van der Waals surface area contributed by atoms with E-state index in [4.69, 9.17) is 16.2 Å². The zero-order chi connectivity index (χ0) is 27.8. The number of nitrogens with two attached hydrogens (primary N) is 2. The number of ether oxygens (including phenoxy) is 1. The number of amides is 3. The molecule has 0 saturated carbocycles. The molecule has 1 aliphatic rings. The van der Waals surface area contributed by atoms with Gasteiger partial charge < -0.3 is 31.7 Å². The molecule has 2 atom stereocenters. The number of urea groups is 1. The number of hydrogen-bond acceptors (Lipinski definition) is 7. The van der Waals surface area contributed by atoms with Gasteiger partial charge in [0, 0.05) is 45.1 Å². The van der Waals surface area contributed by atoms with Crippen molar-refractivity contribution in [3.63, 3.8) is 0 Å². The molecule has 2 heterocycles. The van der Waals surface area contributed by atoms with Gasteiger partial charge >= 0.3 is 6.03 Å². The number of rotatable bonds is 10. The first-order valence-electron chi connectivity index (χ1n) is 13.1. The van der Waals surface area contributed by atoms with Crippen LogP contribution in [0.5, 0.6) is 0 Å². The van der Waals surface area contributed by atoms with Crippen LogP contribution in [-0.2, 0) is 4.74 Å². The monoisotopic (exact) mass is 531 g/mol. The van der Waals surface area contributed by atoms with E-state index in [1.165, 1.54) is 5.56 Å². The molecule has 1 saturated heterocycles. The zero-order valence-corrected chi connectivity index (χ0v) is 22.5. The molecule has 10 nitrogen and oxygen atoms in total. The Morgan fingerprint density at radius 1 is 1.00 bits per heavy atom. The Morgan fingerprint density at radius 3 is 2.31 bits per heavy atom. The largest absolute Gasteiger partial charge is 0.397 e. The summed E-state index contributed by atoms with van der Waals surface area (Å²) in [5.41, 5.74) is 15.8. The topological polar surface area (TPSA) is 139 Å². The second kappa shape index (κ2) is 13.1. The molecular weight excluding hydrogens is 494 g/mol. The number of benzene rings is 2. The average Bonchev–Trinajstić information content (AvgIpc) is 2.94. The number of carbonyl (C=O) groups excluding carboxylic acids is 2. The van der Waals surface area contributed by atoms with Gasteiger partial charge in [-0.3, -0.25) is 14.7 Å². The van der Waals surface area contributed by atoms with Crippen LogP contribution in [0.15, 0.2) is 66.9 Å². The van der Waals surface area contributed by atoms with E-state index in [1.54, 1.807) is 42.6 Å². The molecule has 2 unspecified atom stereocenters. The molecule has 3 aromatic rings. The molecule has 4 rings (SSSR count). The number of aromatic nitrogens is 1. The summed E-state index contributed by atoms with van der Waals surface area (Å²) in [5, 5.41) is 5.64. The number of anilines is 3. The van der Waals surface area contributed by atoms with E-state index >= 15 is 0 Å². The predicted octanol–water partition coefficient (Wildman–Crippen LogP) is 3.55. The summed E-state index contributed by atoms with van der Waals surface area (Å²) in [4.78, 5) is 33.5. The second-order valence-corrected chi connectivity index (χ2v) is 9.81. The van der Waals surface area contributed by atoms with Crippen LogP contribution < -0.4 is 27.0 Å². The molecular formula is C29H37N7O3. The van der Waals surface area contributed by atoms with Crippen LogP contribution >= 0.6 is 0 Å². The first-order chi connectivity index (χ1) is 18.8. The highest BCUT2D eigenvalue weighted by Crippen LogP contribution is 2.31. The van der Waals surface area contributed by atoms with Gasteiger partial charge in [0.25, 0.3) is 5.91 Å². The molecule has 3 amide bonds. The fraction of sp³-hybridized carbons (Fsp3) is 0.345. The first-order valence-corrected chi connectivity index (χ1v) is 13.1. The van der Waals surface area contributed by atoms with Gasteiger partial charge in [0.1, 0.15) is 5.69 Å². The van der Waals surface area contributed by atoms with Gasteiger partial charge in [-0.25, -0.2) is 4.79 Å². The lowest BCUT2D eigenvalue weighted by Crippen LogP contribution is -2.40. The molecule has 0 radical (unpaired) electrons. The van der Waals surface area contributed by atoms with Crippen molar-refractivity contribution >= 4 is 29.0 Å². The summed E-state index contributed by atoms with van der Waals surface area (Å²) in [7, 11) is 4.04. The highest BCUT2D eigenvalue weighted by molar-refractivity contribution is 6.04. The second-order valence-electron chi connectivity index (χ2n) is 9.81. The molecule has 39 heavy (non-hydrogen) atoms. The number of nitrogen functional groups attached to an aromatic ring is 1. The zero-order valence-electron chi connectivity index (χ0n) is 22.5. The number of morpholine rings is 1. The van der Waals surface area contributed by atoms with Crippen LogP contribution in [0, 0.1) is 0 Å². The number of nitrogens with one attached hydrogen (secondary N) is 2. The van der Waals surface area contributed by atoms with Crippen molar-refractivity contribution in [2.45, 2.75) is 24.9 Å². The average molecular weight is 532 g/mol. The van der Waals surface area contributed by atoms with Crippen LogP contribution in [0.4, 0.5) is 21.9 Å². The number of carbonyl (C=O) groups is 2. The minimum atomic E-state index is -0.611. The van der Waals surface area contributed by atoms with E-state index in [1.807, 2.05) is 14.1 Å². The van der Waals surface area contributed by atoms with Gasteiger partial charge in [-0.2, -0.15) is 0 Å². The van der Waals surface area contributed by atoms with E-state index in [-0.39, 0.29) is 23.7 Å². The molecule has 2 aromatic carbocycles. The Morgan fingerprint density at radius 2 is 1.69 bits per heavy atom. The maximum atomic E-state index is 12.7. The fourth-order valence-electron chi connectivity index (χ4n) is 4.81. The summed E-state index contributed by atoms with van der Waals surface area (Å²) in [6.07, 6.45) is 3.02. The molecule has 0 bridgehead atoms. The van der Waals surface area contributed by atoms with Crippen molar-refractivity contribution < 1.29 is 14.3 Å². The van der Waals surface area contributed by atoms with Gasteiger partial charge in [0.15, 0.2) is 0 Å². The van der Waals surface area contributed by atoms with Crippen molar-refractivity contribution in [1.29, 1.82) is 0 Å². The number of nitrogens with zero attached hydrogens (tertiary/aromatic N) is 3. The van der Waals surface area contributed by atoms with Crippen molar-refractivity contribution in [3.8, 4) is 0 Å². The highest BCUT2D eigenvalue weighted by Gasteiger charge is 2.25. The van der Waals surface area contributed by atoms with Crippen molar-refractivity contribution in [2.24, 2.45) is 5.73 Å². The standard InChI is InChI=1S/C29H37N7O3/c1-35(2)22-10-7-20(8-11-22)27(36-15-17-39-18-16-36)14-13-24(34-29(31)38)21-9-12-26(32-19-21)28(37)33-25-6-4-3-5-23(25)30/h3-12,19,24,27H,13-18,30H2,1-2H3,(H,33,37)(H3,31,34,38). The predicted molar refractivity (Wildman–Crippen MR) is 154 cm³/mol. The summed E-state index contributed by atoms with van der Waals surface area (Å²) < 4.78 is 5.59. The Bertz CT molecular complexity index is 1240. The van der Waals surface area contributed by atoms with Crippen molar-refractivity contribution in [1.82, 2.24) is 15.2 Å². The summed E-state index contributed by atoms with van der Waals surface area (Å²) in [5.74, 6) is -0.368. The number of hydrogen-bond donors (Lipinski definition) is 4. The molecule has 0 aliphatic carbocycles. The SMILES string of the molecule is CN(C)c1ccc(C(CCC(NC(N)=O)c2ccc(C(=O)Nc3ccccc3N)nc2)N2CCOCC2)cc1. The van der Waals surface area contributed by atoms with Gasteiger partial charge in [-0.15, -0.1) is 0 Å². The van der Waals surface area contributed by atoms with E-state index in [2.05, 4.69) is 49.7 Å². The Labute approximate surface area is 229 Å². The lowest BCUT2D eigenvalue weighted by molar-refractivity contribution is 0.0133. The molecule has 206 valence electrons. The highest BCUT2D eigenvalue weighted by atomic mass is 16.5. The van der Waals surface area contributed by atoms with Crippen LogP contribution in [-0.4, -0.2) is 62.2 Å². The molecule has 1 aromatic heterocycles. The molecule has 1 fully saturated rings. The smallest absolute Gasteiger partial charge is 0.312 e.